The van der Waals surface area contributed by atoms with Crippen LogP contribution < -0.4 is 10.1 Å². The van der Waals surface area contributed by atoms with E-state index in [1.807, 2.05) is 13.0 Å². The fourth-order valence-electron chi connectivity index (χ4n) is 1.90. The van der Waals surface area contributed by atoms with Crippen molar-refractivity contribution in [2.45, 2.75) is 19.5 Å². The number of halogens is 1. The molecule has 0 radical (unpaired) electrons. The molecule has 1 saturated heterocycles. The Kier molecular flexibility index (Phi) is 5.75. The third kappa shape index (κ3) is 3.87. The molecule has 1 aliphatic heterocycles. The first-order valence-electron chi connectivity index (χ1n) is 5.92. The van der Waals surface area contributed by atoms with E-state index >= 15 is 0 Å². The van der Waals surface area contributed by atoms with Crippen LogP contribution in [0.4, 0.5) is 0 Å². The van der Waals surface area contributed by atoms with Gasteiger partial charge < -0.3 is 10.1 Å². The van der Waals surface area contributed by atoms with Crippen molar-refractivity contribution in [1.29, 1.82) is 0 Å². The first kappa shape index (κ1) is 14.3. The van der Waals surface area contributed by atoms with Gasteiger partial charge in [0.25, 0.3) is 0 Å². The largest absolute Gasteiger partial charge is 0.494 e. The monoisotopic (exact) mass is 256 g/mol. The van der Waals surface area contributed by atoms with Gasteiger partial charge in [-0.1, -0.05) is 12.1 Å². The van der Waals surface area contributed by atoms with E-state index in [4.69, 9.17) is 4.74 Å². The Hall–Kier alpha value is -0.770. The van der Waals surface area contributed by atoms with Crippen LogP contribution in [0.25, 0.3) is 0 Å². The van der Waals surface area contributed by atoms with Crippen molar-refractivity contribution in [2.75, 3.05) is 26.7 Å². The van der Waals surface area contributed by atoms with Gasteiger partial charge in [0.15, 0.2) is 0 Å². The minimum Gasteiger partial charge on any atom is -0.494 e. The molecule has 1 aromatic rings. The number of hydrogen-bond acceptors (Lipinski definition) is 3. The van der Waals surface area contributed by atoms with Crippen molar-refractivity contribution >= 4 is 12.4 Å². The van der Waals surface area contributed by atoms with Crippen LogP contribution in [0.15, 0.2) is 24.3 Å². The van der Waals surface area contributed by atoms with Gasteiger partial charge in [0, 0.05) is 25.7 Å². The van der Waals surface area contributed by atoms with Crippen LogP contribution in [0.2, 0.25) is 0 Å². The highest BCUT2D eigenvalue weighted by molar-refractivity contribution is 5.85. The lowest BCUT2D eigenvalue weighted by atomic mass is 10.1. The summed E-state index contributed by atoms with van der Waals surface area (Å²) >= 11 is 0. The highest BCUT2D eigenvalue weighted by Gasteiger charge is 2.21. The normalized spacial score (nSPS) is 15.2. The maximum absolute atomic E-state index is 5.50. The molecule has 0 amide bonds. The number of nitrogens with zero attached hydrogens (tertiary/aromatic N) is 1. The zero-order chi connectivity index (χ0) is 11.4. The number of nitrogens with one attached hydrogen (secondary N) is 1. The van der Waals surface area contributed by atoms with Gasteiger partial charge in [0.05, 0.1) is 6.61 Å². The van der Waals surface area contributed by atoms with Crippen molar-refractivity contribution in [3.63, 3.8) is 0 Å². The van der Waals surface area contributed by atoms with Gasteiger partial charge >= 0.3 is 0 Å². The second kappa shape index (κ2) is 6.84. The summed E-state index contributed by atoms with van der Waals surface area (Å²) in [5, 5.41) is 3.29. The average molecular weight is 257 g/mol. The first-order valence-corrected chi connectivity index (χ1v) is 5.92. The number of rotatable bonds is 5. The maximum Gasteiger partial charge on any atom is 0.119 e. The molecule has 0 aromatic heterocycles. The van der Waals surface area contributed by atoms with E-state index in [9.17, 15) is 0 Å². The van der Waals surface area contributed by atoms with Crippen LogP contribution in [0.1, 0.15) is 12.5 Å². The molecule has 0 saturated carbocycles. The summed E-state index contributed by atoms with van der Waals surface area (Å²) in [5.74, 6) is 0.972. The van der Waals surface area contributed by atoms with E-state index in [1.165, 1.54) is 5.56 Å². The summed E-state index contributed by atoms with van der Waals surface area (Å²) in [6.45, 7) is 5.96. The number of benzene rings is 1. The topological polar surface area (TPSA) is 24.5 Å². The standard InChI is InChI=1S/C13H20N2O.ClH/c1-3-16-13-6-4-5-11(7-13)10-15(2)12-8-14-9-12;/h4-7,12,14H,3,8-10H2,1-2H3;1H. The maximum atomic E-state index is 5.50. The third-order valence-corrected chi connectivity index (χ3v) is 3.02. The average Bonchev–Trinajstić information content (AvgIpc) is 2.15. The molecular weight excluding hydrogens is 236 g/mol. The minimum atomic E-state index is 0. The smallest absolute Gasteiger partial charge is 0.119 e. The molecule has 1 aromatic carbocycles. The molecule has 17 heavy (non-hydrogen) atoms. The van der Waals surface area contributed by atoms with Gasteiger partial charge in [-0.05, 0) is 31.7 Å². The van der Waals surface area contributed by atoms with Crippen LogP contribution in [-0.4, -0.2) is 37.7 Å². The molecule has 2 rings (SSSR count). The highest BCUT2D eigenvalue weighted by atomic mass is 35.5. The Morgan fingerprint density at radius 1 is 1.41 bits per heavy atom. The SMILES string of the molecule is CCOc1cccc(CN(C)C2CNC2)c1.Cl. The molecule has 0 atom stereocenters. The van der Waals surface area contributed by atoms with Crippen molar-refractivity contribution < 1.29 is 4.74 Å². The Morgan fingerprint density at radius 2 is 2.18 bits per heavy atom. The number of ether oxygens (including phenoxy) is 1. The molecule has 1 aliphatic rings. The third-order valence-electron chi connectivity index (χ3n) is 3.02. The van der Waals surface area contributed by atoms with Gasteiger partial charge in [-0.15, -0.1) is 12.4 Å². The molecule has 0 aliphatic carbocycles. The number of likely N-dealkylation sites (N-methyl/N-ethyl adjacent to an activating group) is 1. The van der Waals surface area contributed by atoms with Crippen LogP contribution in [-0.2, 0) is 6.54 Å². The summed E-state index contributed by atoms with van der Waals surface area (Å²) in [7, 11) is 2.18. The molecule has 1 fully saturated rings. The van der Waals surface area contributed by atoms with Crippen molar-refractivity contribution in [3.05, 3.63) is 29.8 Å². The van der Waals surface area contributed by atoms with Gasteiger partial charge in [0.1, 0.15) is 5.75 Å². The summed E-state index contributed by atoms with van der Waals surface area (Å²) in [4.78, 5) is 2.39. The van der Waals surface area contributed by atoms with Crippen LogP contribution in [0.5, 0.6) is 5.75 Å². The lowest BCUT2D eigenvalue weighted by Crippen LogP contribution is -2.55. The second-order valence-electron chi connectivity index (χ2n) is 4.31. The van der Waals surface area contributed by atoms with Gasteiger partial charge in [-0.3, -0.25) is 4.90 Å². The van der Waals surface area contributed by atoms with Crippen molar-refractivity contribution in [3.8, 4) is 5.75 Å². The molecule has 4 heteroatoms. The Balaban J connectivity index is 0.00000144. The Morgan fingerprint density at radius 3 is 2.76 bits per heavy atom. The summed E-state index contributed by atoms with van der Waals surface area (Å²) in [5.41, 5.74) is 1.32. The number of hydrogen-bond donors (Lipinski definition) is 1. The summed E-state index contributed by atoms with van der Waals surface area (Å²) < 4.78 is 5.50. The molecule has 96 valence electrons. The first-order chi connectivity index (χ1) is 7.79. The molecule has 0 unspecified atom stereocenters. The fraction of sp³-hybridized carbons (Fsp3) is 0.538. The van der Waals surface area contributed by atoms with Gasteiger partial charge in [-0.2, -0.15) is 0 Å². The predicted molar refractivity (Wildman–Crippen MR) is 73.0 cm³/mol. The fourth-order valence-corrected chi connectivity index (χ4v) is 1.90. The Bertz CT molecular complexity index is 342. The molecule has 1 N–H and O–H groups in total. The van der Waals surface area contributed by atoms with Gasteiger partial charge in [0.2, 0.25) is 0 Å². The predicted octanol–water partition coefficient (Wildman–Crippen LogP) is 1.91. The van der Waals surface area contributed by atoms with Crippen molar-refractivity contribution in [1.82, 2.24) is 10.2 Å². The lowest BCUT2D eigenvalue weighted by molar-refractivity contribution is 0.173. The molecule has 0 bridgehead atoms. The van der Waals surface area contributed by atoms with E-state index in [0.717, 1.165) is 32.0 Å². The minimum absolute atomic E-state index is 0. The molecule has 1 heterocycles. The zero-order valence-corrected chi connectivity index (χ0v) is 11.3. The van der Waals surface area contributed by atoms with Crippen LogP contribution in [0, 0.1) is 0 Å². The van der Waals surface area contributed by atoms with Crippen LogP contribution in [0.3, 0.4) is 0 Å². The van der Waals surface area contributed by atoms with E-state index in [1.54, 1.807) is 0 Å². The second-order valence-corrected chi connectivity index (χ2v) is 4.31. The molecule has 3 nitrogen and oxygen atoms in total. The van der Waals surface area contributed by atoms with E-state index in [0.29, 0.717) is 6.04 Å². The van der Waals surface area contributed by atoms with E-state index in [-0.39, 0.29) is 12.4 Å². The van der Waals surface area contributed by atoms with Gasteiger partial charge in [-0.25, -0.2) is 0 Å². The lowest BCUT2D eigenvalue weighted by Gasteiger charge is -2.35. The van der Waals surface area contributed by atoms with E-state index in [2.05, 4.69) is 35.5 Å². The summed E-state index contributed by atoms with van der Waals surface area (Å²) in [6, 6.07) is 9.05. The summed E-state index contributed by atoms with van der Waals surface area (Å²) in [6.07, 6.45) is 0. The van der Waals surface area contributed by atoms with E-state index < -0.39 is 0 Å². The molecule has 0 spiro atoms. The Labute approximate surface area is 110 Å². The van der Waals surface area contributed by atoms with Crippen molar-refractivity contribution in [2.24, 2.45) is 0 Å². The van der Waals surface area contributed by atoms with Crippen LogP contribution >= 0.6 is 12.4 Å². The quantitative estimate of drug-likeness (QED) is 0.871. The zero-order valence-electron chi connectivity index (χ0n) is 10.5. The molecular formula is C13H21ClN2O. The highest BCUT2D eigenvalue weighted by Crippen LogP contribution is 2.16.